The first-order valence-electron chi connectivity index (χ1n) is 3.97. The molecule has 0 saturated carbocycles. The van der Waals surface area contributed by atoms with Crippen LogP contribution in [0, 0.1) is 0 Å². The Balaban J connectivity index is 0.000000561. The lowest BCUT2D eigenvalue weighted by atomic mass is 10.1. The Hall–Kier alpha value is -0.820. The maximum absolute atomic E-state index is 10.8. The molecular formula is C10H13ClO. The van der Waals surface area contributed by atoms with E-state index in [9.17, 15) is 4.79 Å². The van der Waals surface area contributed by atoms with Gasteiger partial charge in [-0.1, -0.05) is 37.6 Å². The summed E-state index contributed by atoms with van der Waals surface area (Å²) in [5, 5.41) is 0.523. The zero-order valence-corrected chi connectivity index (χ0v) is 8.35. The van der Waals surface area contributed by atoms with E-state index in [1.807, 2.05) is 13.8 Å². The molecule has 0 radical (unpaired) electrons. The Labute approximate surface area is 78.4 Å². The Bertz CT molecular complexity index is 256. The van der Waals surface area contributed by atoms with E-state index in [0.29, 0.717) is 10.6 Å². The van der Waals surface area contributed by atoms with Crippen LogP contribution in [0.1, 0.15) is 31.1 Å². The van der Waals surface area contributed by atoms with Crippen molar-refractivity contribution in [1.29, 1.82) is 0 Å². The Morgan fingerprint density at radius 3 is 2.08 bits per heavy atom. The number of halogens is 1. The second-order valence-electron chi connectivity index (χ2n) is 2.04. The summed E-state index contributed by atoms with van der Waals surface area (Å²) in [4.78, 5) is 10.8. The minimum atomic E-state index is 0.00519. The normalized spacial score (nSPS) is 8.33. The molecule has 0 aliphatic rings. The van der Waals surface area contributed by atoms with Gasteiger partial charge in [-0.15, -0.1) is 0 Å². The lowest BCUT2D eigenvalue weighted by Crippen LogP contribution is -1.91. The van der Waals surface area contributed by atoms with Gasteiger partial charge in [0.1, 0.15) is 0 Å². The quantitative estimate of drug-likeness (QED) is 0.610. The van der Waals surface area contributed by atoms with Crippen molar-refractivity contribution < 1.29 is 4.79 Å². The monoisotopic (exact) mass is 184 g/mol. The van der Waals surface area contributed by atoms with E-state index in [-0.39, 0.29) is 5.78 Å². The summed E-state index contributed by atoms with van der Waals surface area (Å²) in [6, 6.07) is 7.01. The van der Waals surface area contributed by atoms with Crippen molar-refractivity contribution in [3.05, 3.63) is 34.9 Å². The smallest absolute Gasteiger partial charge is 0.161 e. The third-order valence-corrected chi connectivity index (χ3v) is 1.58. The van der Waals surface area contributed by atoms with Crippen LogP contribution in [0.3, 0.4) is 0 Å². The number of carbonyl (C=O) groups is 1. The van der Waals surface area contributed by atoms with Crippen molar-refractivity contribution in [2.24, 2.45) is 0 Å². The first kappa shape index (κ1) is 11.2. The van der Waals surface area contributed by atoms with E-state index >= 15 is 0 Å². The molecule has 0 bridgehead atoms. The van der Waals surface area contributed by atoms with E-state index in [1.54, 1.807) is 24.3 Å². The minimum Gasteiger partial charge on any atom is -0.294 e. The molecule has 12 heavy (non-hydrogen) atoms. The number of hydrogen-bond donors (Lipinski definition) is 0. The molecule has 1 rings (SSSR count). The summed E-state index contributed by atoms with van der Waals surface area (Å²) in [6.45, 7) is 5.50. The number of carbonyl (C=O) groups excluding carboxylic acids is 1. The van der Waals surface area contributed by atoms with E-state index in [1.165, 1.54) is 6.92 Å². The molecular weight excluding hydrogens is 172 g/mol. The molecule has 1 aromatic rings. The van der Waals surface area contributed by atoms with Crippen LogP contribution in [0.5, 0.6) is 0 Å². The van der Waals surface area contributed by atoms with E-state index in [2.05, 4.69) is 0 Å². The van der Waals surface area contributed by atoms with Crippen molar-refractivity contribution in [3.8, 4) is 0 Å². The predicted molar refractivity (Wildman–Crippen MR) is 52.8 cm³/mol. The van der Waals surface area contributed by atoms with E-state index < -0.39 is 0 Å². The predicted octanol–water partition coefficient (Wildman–Crippen LogP) is 3.57. The maximum Gasteiger partial charge on any atom is 0.161 e. The van der Waals surface area contributed by atoms with Crippen LogP contribution in [-0.2, 0) is 0 Å². The van der Waals surface area contributed by atoms with Crippen molar-refractivity contribution >= 4 is 17.4 Å². The molecule has 0 aliphatic carbocycles. The van der Waals surface area contributed by atoms with Crippen molar-refractivity contribution in [2.75, 3.05) is 0 Å². The first-order valence-corrected chi connectivity index (χ1v) is 4.35. The number of hydrogen-bond acceptors (Lipinski definition) is 1. The van der Waals surface area contributed by atoms with Crippen LogP contribution in [0.15, 0.2) is 24.3 Å². The summed E-state index contributed by atoms with van der Waals surface area (Å²) in [6.07, 6.45) is 0. The maximum atomic E-state index is 10.8. The third-order valence-electron chi connectivity index (χ3n) is 1.25. The molecule has 0 amide bonds. The van der Waals surface area contributed by atoms with Crippen LogP contribution in [0.25, 0.3) is 0 Å². The van der Waals surface area contributed by atoms with Gasteiger partial charge in [0.25, 0.3) is 0 Å². The second kappa shape index (κ2) is 5.78. The molecule has 1 nitrogen and oxygen atoms in total. The van der Waals surface area contributed by atoms with Gasteiger partial charge in [0.15, 0.2) is 5.78 Å². The van der Waals surface area contributed by atoms with Crippen LogP contribution >= 0.6 is 11.6 Å². The van der Waals surface area contributed by atoms with Gasteiger partial charge >= 0.3 is 0 Å². The second-order valence-corrected chi connectivity index (χ2v) is 2.44. The van der Waals surface area contributed by atoms with E-state index in [0.717, 1.165) is 0 Å². The summed E-state index contributed by atoms with van der Waals surface area (Å²) in [5.41, 5.74) is 0.587. The van der Waals surface area contributed by atoms with Crippen LogP contribution in [0.4, 0.5) is 0 Å². The SMILES string of the molecule is CC.CC(=O)c1ccccc1Cl. The van der Waals surface area contributed by atoms with Crippen molar-refractivity contribution in [1.82, 2.24) is 0 Å². The van der Waals surface area contributed by atoms with Gasteiger partial charge in [-0.25, -0.2) is 0 Å². The fraction of sp³-hybridized carbons (Fsp3) is 0.300. The number of Topliss-reactive ketones (excluding diaryl/α,β-unsaturated/α-hetero) is 1. The highest BCUT2D eigenvalue weighted by molar-refractivity contribution is 6.33. The molecule has 1 aromatic carbocycles. The molecule has 0 fully saturated rings. The summed E-state index contributed by atoms with van der Waals surface area (Å²) in [5.74, 6) is 0.00519. The molecule has 0 spiro atoms. The lowest BCUT2D eigenvalue weighted by molar-refractivity contribution is 0.101. The molecule has 2 heteroatoms. The molecule has 0 atom stereocenters. The van der Waals surface area contributed by atoms with Crippen LogP contribution in [-0.4, -0.2) is 5.78 Å². The zero-order chi connectivity index (χ0) is 9.56. The molecule has 0 N–H and O–H groups in total. The van der Waals surface area contributed by atoms with Gasteiger partial charge in [0.2, 0.25) is 0 Å². The average molecular weight is 185 g/mol. The Morgan fingerprint density at radius 2 is 1.75 bits per heavy atom. The number of benzene rings is 1. The first-order chi connectivity index (χ1) is 5.72. The highest BCUT2D eigenvalue weighted by Gasteiger charge is 2.01. The van der Waals surface area contributed by atoms with Gasteiger partial charge in [-0.05, 0) is 19.1 Å². The molecule has 0 saturated heterocycles. The fourth-order valence-electron chi connectivity index (χ4n) is 0.747. The van der Waals surface area contributed by atoms with Crippen LogP contribution < -0.4 is 0 Å². The molecule has 0 unspecified atom stereocenters. The Kier molecular flexibility index (Phi) is 5.39. The molecule has 0 aromatic heterocycles. The summed E-state index contributed by atoms with van der Waals surface area (Å²) < 4.78 is 0. The van der Waals surface area contributed by atoms with Gasteiger partial charge in [0.05, 0.1) is 5.02 Å². The van der Waals surface area contributed by atoms with Gasteiger partial charge in [-0.2, -0.15) is 0 Å². The van der Waals surface area contributed by atoms with E-state index in [4.69, 9.17) is 11.6 Å². The van der Waals surface area contributed by atoms with Crippen molar-refractivity contribution in [2.45, 2.75) is 20.8 Å². The molecule has 0 aliphatic heterocycles. The van der Waals surface area contributed by atoms with Crippen LogP contribution in [0.2, 0.25) is 5.02 Å². The standard InChI is InChI=1S/C8H7ClO.C2H6/c1-6(10)7-4-2-3-5-8(7)9;1-2/h2-5H,1H3;1-2H3. The minimum absolute atomic E-state index is 0.00519. The number of rotatable bonds is 1. The lowest BCUT2D eigenvalue weighted by Gasteiger charge is -1.95. The van der Waals surface area contributed by atoms with Gasteiger partial charge in [-0.3, -0.25) is 4.79 Å². The topological polar surface area (TPSA) is 17.1 Å². The Morgan fingerprint density at radius 1 is 1.25 bits per heavy atom. The average Bonchev–Trinajstić information content (AvgIpc) is 2.08. The highest BCUT2D eigenvalue weighted by atomic mass is 35.5. The van der Waals surface area contributed by atoms with Gasteiger partial charge < -0.3 is 0 Å². The summed E-state index contributed by atoms with van der Waals surface area (Å²) >= 11 is 5.70. The third kappa shape index (κ3) is 3.05. The highest BCUT2D eigenvalue weighted by Crippen LogP contribution is 2.14. The fourth-order valence-corrected chi connectivity index (χ4v) is 1.02. The molecule has 66 valence electrons. The number of ketones is 1. The largest absolute Gasteiger partial charge is 0.294 e. The summed E-state index contributed by atoms with van der Waals surface area (Å²) in [7, 11) is 0. The van der Waals surface area contributed by atoms with Crippen molar-refractivity contribution in [3.63, 3.8) is 0 Å². The molecule has 0 heterocycles. The van der Waals surface area contributed by atoms with Gasteiger partial charge in [0, 0.05) is 5.56 Å². The zero-order valence-electron chi connectivity index (χ0n) is 7.60.